The van der Waals surface area contributed by atoms with Crippen LogP contribution >= 0.6 is 11.6 Å². The number of ether oxygens (including phenoxy) is 1. The lowest BCUT2D eigenvalue weighted by Crippen LogP contribution is -2.28. The van der Waals surface area contributed by atoms with Crippen molar-refractivity contribution < 1.29 is 27.5 Å². The van der Waals surface area contributed by atoms with Crippen molar-refractivity contribution >= 4 is 23.5 Å². The molecular weight excluding hydrogens is 481 g/mol. The number of amides is 1. The molecule has 0 saturated heterocycles. The van der Waals surface area contributed by atoms with Gasteiger partial charge in [-0.1, -0.05) is 48.0 Å². The quantitative estimate of drug-likeness (QED) is 0.276. The van der Waals surface area contributed by atoms with Crippen LogP contribution in [0.15, 0.2) is 60.8 Å². The summed E-state index contributed by atoms with van der Waals surface area (Å²) >= 11 is 6.19. The Morgan fingerprint density at radius 2 is 1.71 bits per heavy atom. The van der Waals surface area contributed by atoms with Crippen molar-refractivity contribution in [2.24, 2.45) is 0 Å². The highest BCUT2D eigenvalue weighted by Crippen LogP contribution is 2.35. The predicted molar refractivity (Wildman–Crippen MR) is 126 cm³/mol. The summed E-state index contributed by atoms with van der Waals surface area (Å²) in [5.41, 5.74) is 1.99. The number of alkyl halides is 3. The summed E-state index contributed by atoms with van der Waals surface area (Å²) in [6.45, 7) is 2.98. The number of benzene rings is 2. The highest BCUT2D eigenvalue weighted by atomic mass is 35.5. The Bertz CT molecular complexity index is 1200. The van der Waals surface area contributed by atoms with Crippen molar-refractivity contribution in [3.05, 3.63) is 88.2 Å². The van der Waals surface area contributed by atoms with Crippen LogP contribution in [0.3, 0.4) is 0 Å². The van der Waals surface area contributed by atoms with Gasteiger partial charge in [0.2, 0.25) is 5.91 Å². The van der Waals surface area contributed by atoms with Gasteiger partial charge < -0.3 is 9.64 Å². The van der Waals surface area contributed by atoms with E-state index >= 15 is 0 Å². The second kappa shape index (κ2) is 11.4. The minimum absolute atomic E-state index is 0.0328. The molecular formula is C26H24ClF3N2O3. The van der Waals surface area contributed by atoms with E-state index in [1.54, 1.807) is 6.07 Å². The summed E-state index contributed by atoms with van der Waals surface area (Å²) in [5, 5.41) is 0.212. The van der Waals surface area contributed by atoms with E-state index in [0.29, 0.717) is 28.7 Å². The van der Waals surface area contributed by atoms with Gasteiger partial charge in [-0.15, -0.1) is 0 Å². The number of carbonyl (C=O) groups is 2. The summed E-state index contributed by atoms with van der Waals surface area (Å²) in [6.07, 6.45) is -2.77. The molecule has 0 aliphatic carbocycles. The van der Waals surface area contributed by atoms with Crippen molar-refractivity contribution in [2.75, 3.05) is 6.61 Å². The highest BCUT2D eigenvalue weighted by Gasteiger charge is 2.31. The summed E-state index contributed by atoms with van der Waals surface area (Å²) < 4.78 is 45.5. The van der Waals surface area contributed by atoms with E-state index in [9.17, 15) is 22.8 Å². The van der Waals surface area contributed by atoms with Gasteiger partial charge in [0.1, 0.15) is 5.15 Å². The average molecular weight is 505 g/mol. The molecule has 1 heterocycles. The molecule has 35 heavy (non-hydrogen) atoms. The van der Waals surface area contributed by atoms with Gasteiger partial charge in [-0.3, -0.25) is 9.59 Å². The first kappa shape index (κ1) is 26.2. The zero-order chi connectivity index (χ0) is 25.6. The molecule has 0 bridgehead atoms. The molecule has 2 aromatic carbocycles. The fourth-order valence-corrected chi connectivity index (χ4v) is 3.79. The first-order chi connectivity index (χ1) is 16.5. The summed E-state index contributed by atoms with van der Waals surface area (Å²) in [4.78, 5) is 29.1. The second-order valence-corrected chi connectivity index (χ2v) is 8.35. The van der Waals surface area contributed by atoms with Crippen LogP contribution < -0.4 is 0 Å². The molecule has 5 nitrogen and oxygen atoms in total. The van der Waals surface area contributed by atoms with Crippen LogP contribution in [-0.4, -0.2) is 28.4 Å². The van der Waals surface area contributed by atoms with Crippen LogP contribution in [0.5, 0.6) is 0 Å². The van der Waals surface area contributed by atoms with Crippen LogP contribution in [0.2, 0.25) is 5.15 Å². The van der Waals surface area contributed by atoms with E-state index < -0.39 is 17.7 Å². The predicted octanol–water partition coefficient (Wildman–Crippen LogP) is 6.08. The van der Waals surface area contributed by atoms with Crippen LogP contribution in [-0.2, 0) is 40.0 Å². The summed E-state index contributed by atoms with van der Waals surface area (Å²) in [6, 6.07) is 14.4. The third-order valence-corrected chi connectivity index (χ3v) is 5.70. The number of halogens is 4. The first-order valence-electron chi connectivity index (χ1n) is 10.8. The SMILES string of the molecule is CC(=O)OCCc1cc(-c2ccc(C(F)(F)F)cc2CN(Cc2ccccc2)C(C)=O)cnc1Cl. The Balaban J connectivity index is 2.00. The number of hydrogen-bond acceptors (Lipinski definition) is 4. The van der Waals surface area contributed by atoms with Gasteiger partial charge >= 0.3 is 12.1 Å². The minimum atomic E-state index is -4.54. The molecule has 184 valence electrons. The van der Waals surface area contributed by atoms with Crippen molar-refractivity contribution in [3.8, 4) is 11.1 Å². The highest BCUT2D eigenvalue weighted by molar-refractivity contribution is 6.30. The van der Waals surface area contributed by atoms with Gasteiger partial charge in [-0.25, -0.2) is 4.98 Å². The zero-order valence-electron chi connectivity index (χ0n) is 19.2. The van der Waals surface area contributed by atoms with Crippen molar-refractivity contribution in [1.29, 1.82) is 0 Å². The number of rotatable bonds is 8. The minimum Gasteiger partial charge on any atom is -0.466 e. The molecule has 3 rings (SSSR count). The lowest BCUT2D eigenvalue weighted by Gasteiger charge is -2.24. The molecule has 0 unspecified atom stereocenters. The van der Waals surface area contributed by atoms with E-state index in [1.807, 2.05) is 30.3 Å². The van der Waals surface area contributed by atoms with E-state index in [1.165, 1.54) is 31.0 Å². The Morgan fingerprint density at radius 3 is 2.34 bits per heavy atom. The maximum atomic E-state index is 13.5. The average Bonchev–Trinajstić information content (AvgIpc) is 2.79. The largest absolute Gasteiger partial charge is 0.466 e. The first-order valence-corrected chi connectivity index (χ1v) is 11.2. The van der Waals surface area contributed by atoms with Gasteiger partial charge in [0.05, 0.1) is 12.2 Å². The van der Waals surface area contributed by atoms with Gasteiger partial charge in [0.25, 0.3) is 0 Å². The van der Waals surface area contributed by atoms with Crippen LogP contribution in [0, 0.1) is 0 Å². The Morgan fingerprint density at radius 1 is 1.00 bits per heavy atom. The molecule has 0 N–H and O–H groups in total. The van der Waals surface area contributed by atoms with Crippen LogP contribution in [0.1, 0.15) is 36.1 Å². The normalized spacial score (nSPS) is 11.3. The maximum absolute atomic E-state index is 13.5. The Hall–Kier alpha value is -3.39. The molecule has 0 saturated carbocycles. The molecule has 0 aliphatic rings. The van der Waals surface area contributed by atoms with E-state index in [0.717, 1.165) is 17.7 Å². The summed E-state index contributed by atoms with van der Waals surface area (Å²) in [5.74, 6) is -0.702. The van der Waals surface area contributed by atoms with Gasteiger partial charge in [0.15, 0.2) is 0 Å². The molecule has 0 spiro atoms. The van der Waals surface area contributed by atoms with Gasteiger partial charge in [-0.05, 0) is 40.5 Å². The molecule has 0 radical (unpaired) electrons. The summed E-state index contributed by atoms with van der Waals surface area (Å²) in [7, 11) is 0. The van der Waals surface area contributed by atoms with Crippen LogP contribution in [0.25, 0.3) is 11.1 Å². The molecule has 0 aliphatic heterocycles. The number of carbonyl (C=O) groups excluding carboxylic acids is 2. The monoisotopic (exact) mass is 504 g/mol. The molecule has 9 heteroatoms. The van der Waals surface area contributed by atoms with E-state index in [4.69, 9.17) is 16.3 Å². The van der Waals surface area contributed by atoms with Gasteiger partial charge in [0, 0.05) is 45.1 Å². The lowest BCUT2D eigenvalue weighted by atomic mass is 9.96. The molecule has 1 amide bonds. The van der Waals surface area contributed by atoms with Crippen molar-refractivity contribution in [2.45, 2.75) is 39.5 Å². The number of nitrogens with zero attached hydrogens (tertiary/aromatic N) is 2. The fourth-order valence-electron chi connectivity index (χ4n) is 3.59. The van der Waals surface area contributed by atoms with Gasteiger partial charge in [-0.2, -0.15) is 13.2 Å². The smallest absolute Gasteiger partial charge is 0.416 e. The standard InChI is InChI=1S/C26H24ClF3N2O3/c1-17(33)32(15-19-6-4-3-5-7-19)16-22-13-23(26(28,29)30)8-9-24(22)21-12-20(25(27)31-14-21)10-11-35-18(2)34/h3-9,12-14H,10-11,15-16H2,1-2H3. The maximum Gasteiger partial charge on any atom is 0.416 e. The second-order valence-electron chi connectivity index (χ2n) is 7.99. The Labute approximate surface area is 206 Å². The molecule has 3 aromatic rings. The fraction of sp³-hybridized carbons (Fsp3) is 0.269. The zero-order valence-corrected chi connectivity index (χ0v) is 20.0. The van der Waals surface area contributed by atoms with Crippen molar-refractivity contribution in [3.63, 3.8) is 0 Å². The van der Waals surface area contributed by atoms with E-state index in [-0.39, 0.29) is 30.8 Å². The van der Waals surface area contributed by atoms with Crippen molar-refractivity contribution in [1.82, 2.24) is 9.88 Å². The number of hydrogen-bond donors (Lipinski definition) is 0. The number of esters is 1. The lowest BCUT2D eigenvalue weighted by molar-refractivity contribution is -0.141. The Kier molecular flexibility index (Phi) is 8.51. The third-order valence-electron chi connectivity index (χ3n) is 5.35. The molecule has 1 aromatic heterocycles. The number of aromatic nitrogens is 1. The number of pyridine rings is 1. The topological polar surface area (TPSA) is 59.5 Å². The van der Waals surface area contributed by atoms with Crippen LogP contribution in [0.4, 0.5) is 13.2 Å². The van der Waals surface area contributed by atoms with E-state index in [2.05, 4.69) is 4.98 Å². The third kappa shape index (κ3) is 7.29. The molecule has 0 fully saturated rings. The molecule has 0 atom stereocenters.